The Balaban J connectivity index is -0.000000122. The normalized spacial score (nSPS) is 7.51. The molecule has 5 heterocycles. The molecule has 5 aromatic rings. The van der Waals surface area contributed by atoms with Crippen molar-refractivity contribution in [2.24, 2.45) is 7.05 Å². The second-order valence-corrected chi connectivity index (χ2v) is 7.19. The van der Waals surface area contributed by atoms with E-state index >= 15 is 0 Å². The molecule has 41 heavy (non-hydrogen) atoms. The fraction of sp³-hybridized carbons (Fsp3) is 0.485. The van der Waals surface area contributed by atoms with Crippen LogP contribution in [0.2, 0.25) is 0 Å². The van der Waals surface area contributed by atoms with Crippen molar-refractivity contribution in [2.75, 3.05) is 0 Å². The number of aromatic nitrogens is 4. The topological polar surface area (TPSA) is 83.0 Å². The molecular formula is C33H60N4O3S. The number of furan rings is 1. The molecule has 0 saturated heterocycles. The lowest BCUT2D eigenvalue weighted by molar-refractivity contribution is 0.397. The highest BCUT2D eigenvalue weighted by Crippen LogP contribution is 2.01. The third-order valence-electron chi connectivity index (χ3n) is 3.30. The van der Waals surface area contributed by atoms with Crippen LogP contribution >= 0.6 is 11.3 Å². The summed E-state index contributed by atoms with van der Waals surface area (Å²) in [5.74, 6) is 1.57. The number of hydrogen-bond acceptors (Lipinski definition) is 7. The van der Waals surface area contributed by atoms with Gasteiger partial charge < -0.3 is 13.4 Å². The lowest BCUT2D eigenvalue weighted by atomic mass is 10.4. The van der Waals surface area contributed by atoms with Crippen LogP contribution in [-0.2, 0) is 7.05 Å². The van der Waals surface area contributed by atoms with Crippen LogP contribution in [0.1, 0.15) is 97.7 Å². The van der Waals surface area contributed by atoms with Gasteiger partial charge in [-0.2, -0.15) is 16.4 Å². The molecule has 5 rings (SSSR count). The largest absolute Gasteiger partial charge is 0.472 e. The number of aryl methyl sites for hydroxylation is 6. The predicted octanol–water partition coefficient (Wildman–Crippen LogP) is 11.5. The quantitative estimate of drug-likeness (QED) is 0.178. The highest BCUT2D eigenvalue weighted by molar-refractivity contribution is 7.07. The zero-order valence-corrected chi connectivity index (χ0v) is 29.7. The third kappa shape index (κ3) is 38.8. The summed E-state index contributed by atoms with van der Waals surface area (Å²) >= 11 is 1.74. The Morgan fingerprint density at radius 2 is 1.32 bits per heavy atom. The first-order chi connectivity index (χ1) is 19.9. The van der Waals surface area contributed by atoms with E-state index in [0.717, 1.165) is 17.3 Å². The smallest absolute Gasteiger partial charge is 0.190 e. The SMILES string of the molecule is CC.CC.CC.CC.CC.Cc1ccn(C)n1.Cc1ccno1.Cc1ccoc1.Cc1ccsc1.Cc1ncco1. The first-order valence-corrected chi connectivity index (χ1v) is 15.5. The minimum Gasteiger partial charge on any atom is -0.472 e. The molecule has 8 heteroatoms. The minimum absolute atomic E-state index is 0.718. The Morgan fingerprint density at radius 1 is 0.707 bits per heavy atom. The highest BCUT2D eigenvalue weighted by Gasteiger charge is 1.82. The fourth-order valence-corrected chi connectivity index (χ4v) is 2.44. The number of hydrogen-bond donors (Lipinski definition) is 0. The van der Waals surface area contributed by atoms with E-state index < -0.39 is 0 Å². The van der Waals surface area contributed by atoms with Gasteiger partial charge in [-0.05, 0) is 67.8 Å². The molecule has 5 aromatic heterocycles. The number of oxazole rings is 1. The fourth-order valence-electron chi connectivity index (χ4n) is 1.77. The average Bonchev–Trinajstić information content (AvgIpc) is 3.87. The highest BCUT2D eigenvalue weighted by atomic mass is 32.1. The van der Waals surface area contributed by atoms with Gasteiger partial charge >= 0.3 is 0 Å². The van der Waals surface area contributed by atoms with E-state index in [1.165, 1.54) is 11.1 Å². The molecule has 0 radical (unpaired) electrons. The molecule has 0 aliphatic carbocycles. The number of nitrogens with zero attached hydrogens (tertiary/aromatic N) is 4. The van der Waals surface area contributed by atoms with Crippen molar-refractivity contribution in [3.63, 3.8) is 0 Å². The van der Waals surface area contributed by atoms with Crippen molar-refractivity contribution in [1.82, 2.24) is 19.9 Å². The van der Waals surface area contributed by atoms with Crippen molar-refractivity contribution in [2.45, 2.75) is 104 Å². The summed E-state index contributed by atoms with van der Waals surface area (Å²) in [4.78, 5) is 3.75. The van der Waals surface area contributed by atoms with Gasteiger partial charge in [-0.25, -0.2) is 4.98 Å². The lowest BCUT2D eigenvalue weighted by Gasteiger charge is -1.79. The minimum atomic E-state index is 0.718. The second-order valence-electron chi connectivity index (χ2n) is 6.41. The molecule has 236 valence electrons. The van der Waals surface area contributed by atoms with Crippen LogP contribution in [0.5, 0.6) is 0 Å². The Bertz CT molecular complexity index is 846. The second kappa shape index (κ2) is 41.1. The monoisotopic (exact) mass is 592 g/mol. The summed E-state index contributed by atoms with van der Waals surface area (Å²) in [7, 11) is 1.91. The van der Waals surface area contributed by atoms with Gasteiger partial charge in [-0.15, -0.1) is 0 Å². The van der Waals surface area contributed by atoms with Crippen LogP contribution in [-0.4, -0.2) is 19.9 Å². The summed E-state index contributed by atoms with van der Waals surface area (Å²) in [5, 5.41) is 11.7. The summed E-state index contributed by atoms with van der Waals surface area (Å²) in [6, 6.07) is 7.80. The van der Waals surface area contributed by atoms with E-state index in [-0.39, 0.29) is 0 Å². The van der Waals surface area contributed by atoms with E-state index in [4.69, 9.17) is 8.83 Å². The predicted molar refractivity (Wildman–Crippen MR) is 180 cm³/mol. The maximum absolute atomic E-state index is 4.72. The molecule has 0 aliphatic heterocycles. The summed E-state index contributed by atoms with van der Waals surface area (Å²) < 4.78 is 15.8. The molecule has 7 nitrogen and oxygen atoms in total. The molecular weight excluding hydrogens is 532 g/mol. The molecule has 0 bridgehead atoms. The molecule has 0 saturated carbocycles. The van der Waals surface area contributed by atoms with Gasteiger partial charge in [0.05, 0.1) is 30.6 Å². The third-order valence-corrected chi connectivity index (χ3v) is 4.10. The van der Waals surface area contributed by atoms with Crippen molar-refractivity contribution >= 4 is 11.3 Å². The summed E-state index contributed by atoms with van der Waals surface area (Å²) in [6.45, 7) is 29.7. The molecule has 0 spiro atoms. The van der Waals surface area contributed by atoms with E-state index in [0.29, 0.717) is 0 Å². The Kier molecular flexibility index (Phi) is 47.5. The average molecular weight is 593 g/mol. The van der Waals surface area contributed by atoms with Crippen molar-refractivity contribution in [3.05, 3.63) is 101 Å². The van der Waals surface area contributed by atoms with E-state index in [1.54, 1.807) is 60.2 Å². The van der Waals surface area contributed by atoms with Crippen molar-refractivity contribution in [3.8, 4) is 0 Å². The van der Waals surface area contributed by atoms with Crippen LogP contribution in [0.4, 0.5) is 0 Å². The van der Waals surface area contributed by atoms with Crippen LogP contribution in [0.15, 0.2) is 85.8 Å². The van der Waals surface area contributed by atoms with Gasteiger partial charge in [0.2, 0.25) is 0 Å². The molecule has 0 amide bonds. The molecule has 0 aliphatic rings. The molecule has 0 fully saturated rings. The zero-order chi connectivity index (χ0) is 32.9. The van der Waals surface area contributed by atoms with E-state index in [2.05, 4.69) is 43.5 Å². The van der Waals surface area contributed by atoms with Gasteiger partial charge in [-0.1, -0.05) is 74.4 Å². The number of rotatable bonds is 0. The van der Waals surface area contributed by atoms with E-state index in [9.17, 15) is 0 Å². The van der Waals surface area contributed by atoms with Crippen molar-refractivity contribution in [1.29, 1.82) is 0 Å². The number of thiophene rings is 1. The maximum atomic E-state index is 4.72. The van der Waals surface area contributed by atoms with Gasteiger partial charge in [-0.3, -0.25) is 4.68 Å². The molecule has 0 atom stereocenters. The van der Waals surface area contributed by atoms with Gasteiger partial charge in [0.25, 0.3) is 0 Å². The van der Waals surface area contributed by atoms with Crippen LogP contribution in [0.3, 0.4) is 0 Å². The summed E-state index contributed by atoms with van der Waals surface area (Å²) in [6.07, 6.45) is 10.1. The van der Waals surface area contributed by atoms with Crippen LogP contribution in [0.25, 0.3) is 0 Å². The Hall–Kier alpha value is -3.39. The zero-order valence-electron chi connectivity index (χ0n) is 28.9. The van der Waals surface area contributed by atoms with E-state index in [1.807, 2.05) is 115 Å². The Labute approximate surface area is 256 Å². The lowest BCUT2D eigenvalue weighted by Crippen LogP contribution is -1.86. The molecule has 0 unspecified atom stereocenters. The first kappa shape index (κ1) is 47.4. The summed E-state index contributed by atoms with van der Waals surface area (Å²) in [5.41, 5.74) is 3.61. The first-order valence-electron chi connectivity index (χ1n) is 14.5. The van der Waals surface area contributed by atoms with Crippen LogP contribution in [0, 0.1) is 34.6 Å². The van der Waals surface area contributed by atoms with Gasteiger partial charge in [0, 0.05) is 26.2 Å². The molecule has 0 N–H and O–H groups in total. The van der Waals surface area contributed by atoms with Crippen LogP contribution < -0.4 is 0 Å². The standard InChI is InChI=1S/C5H8N2.C5H6O.C5H6S.2C4H5NO.5C2H6/c1-5-3-4-7(2)6-5;2*1-5-2-3-6-4-5;1-4-5-2-3-6-4;1-4-2-3-5-6-4;5*1-2/h3-4H,1-2H3;2*2-4H,1H3;2*2-3H,1H3;5*1-2H3. The Morgan fingerprint density at radius 3 is 1.44 bits per heavy atom. The van der Waals surface area contributed by atoms with Crippen molar-refractivity contribution < 1.29 is 13.4 Å². The maximum Gasteiger partial charge on any atom is 0.190 e. The van der Waals surface area contributed by atoms with Gasteiger partial charge in [0.1, 0.15) is 12.0 Å². The molecule has 0 aromatic carbocycles. The van der Waals surface area contributed by atoms with Gasteiger partial charge in [0.15, 0.2) is 5.89 Å².